The lowest BCUT2D eigenvalue weighted by atomic mass is 9.81. The van der Waals surface area contributed by atoms with Crippen molar-refractivity contribution in [3.8, 4) is 0 Å². The summed E-state index contributed by atoms with van der Waals surface area (Å²) in [5, 5.41) is 6.88. The molecule has 2 aliphatic heterocycles. The van der Waals surface area contributed by atoms with Crippen LogP contribution in [-0.2, 0) is 0 Å². The first kappa shape index (κ1) is 18.2. The number of hydrogen-bond donors (Lipinski definition) is 1. The van der Waals surface area contributed by atoms with Crippen LogP contribution in [0.15, 0.2) is 42.5 Å². The van der Waals surface area contributed by atoms with E-state index in [0.29, 0.717) is 0 Å². The Morgan fingerprint density at radius 3 is 2.79 bits per heavy atom. The fraction of sp³-hybridized carbons (Fsp3) is 0.458. The number of anilines is 1. The molecule has 2 fully saturated rings. The molecular weight excluding hydrogens is 366 g/mol. The van der Waals surface area contributed by atoms with Crippen molar-refractivity contribution in [1.29, 1.82) is 0 Å². The van der Waals surface area contributed by atoms with Crippen molar-refractivity contribution >= 4 is 39.1 Å². The highest BCUT2D eigenvalue weighted by molar-refractivity contribution is 6.31. The summed E-state index contributed by atoms with van der Waals surface area (Å²) in [5.41, 5.74) is 3.19. The smallest absolute Gasteiger partial charge is 0.0745 e. The van der Waals surface area contributed by atoms with Gasteiger partial charge in [-0.05, 0) is 75.4 Å². The molecule has 0 bridgehead atoms. The number of fused-ring (bicyclic) bond motifs is 3. The minimum Gasteiger partial charge on any atom is -0.384 e. The quantitative estimate of drug-likeness (QED) is 0.542. The van der Waals surface area contributed by atoms with Crippen LogP contribution in [0.3, 0.4) is 0 Å². The molecule has 0 radical (unpaired) electrons. The number of aromatic nitrogens is 1. The number of para-hydroxylation sites is 1. The number of piperidine rings is 2. The van der Waals surface area contributed by atoms with Gasteiger partial charge in [-0.25, -0.2) is 4.98 Å². The topological polar surface area (TPSA) is 28.2 Å². The van der Waals surface area contributed by atoms with E-state index in [-0.39, 0.29) is 0 Å². The predicted octanol–water partition coefficient (Wildman–Crippen LogP) is 6.11. The van der Waals surface area contributed by atoms with E-state index in [1.54, 1.807) is 0 Å². The maximum atomic E-state index is 6.23. The summed E-state index contributed by atoms with van der Waals surface area (Å²) in [4.78, 5) is 7.58. The zero-order valence-electron chi connectivity index (χ0n) is 16.3. The Morgan fingerprint density at radius 2 is 1.82 bits per heavy atom. The average molecular weight is 394 g/mol. The third kappa shape index (κ3) is 3.46. The van der Waals surface area contributed by atoms with Crippen molar-refractivity contribution in [1.82, 2.24) is 9.88 Å². The molecule has 2 atom stereocenters. The molecule has 3 nitrogen and oxygen atoms in total. The minimum absolute atomic E-state index is 0.737. The first-order chi connectivity index (χ1) is 13.8. The molecule has 5 rings (SSSR count). The number of nitrogens with one attached hydrogen (secondary N) is 1. The second-order valence-corrected chi connectivity index (χ2v) is 8.82. The van der Waals surface area contributed by atoms with Gasteiger partial charge in [-0.15, -0.1) is 0 Å². The number of rotatable bonds is 4. The van der Waals surface area contributed by atoms with E-state index in [1.807, 2.05) is 12.1 Å². The van der Waals surface area contributed by atoms with Crippen LogP contribution in [0.1, 0.15) is 38.5 Å². The molecule has 4 heteroatoms. The van der Waals surface area contributed by atoms with Crippen molar-refractivity contribution in [3.05, 3.63) is 47.5 Å². The standard InChI is InChI=1S/C24H28ClN3/c25-18-10-11-20-22(16-18)27-21-8-2-1-7-19(21)24(20)26-13-12-17-6-5-15-28-14-4-3-9-23(17)28/h1-2,7-8,10-11,16-17,23H,3-6,9,12-15H2,(H,26,27)/t17-,23+/m0/s1. The molecule has 0 aliphatic carbocycles. The molecule has 2 aromatic carbocycles. The van der Waals surface area contributed by atoms with Crippen LogP contribution in [0.4, 0.5) is 5.69 Å². The van der Waals surface area contributed by atoms with E-state index >= 15 is 0 Å². The molecule has 0 saturated carbocycles. The Bertz CT molecular complexity index is 984. The molecule has 2 saturated heterocycles. The summed E-state index contributed by atoms with van der Waals surface area (Å²) in [6.07, 6.45) is 8.18. The number of halogens is 1. The van der Waals surface area contributed by atoms with Gasteiger partial charge in [0.25, 0.3) is 0 Å². The van der Waals surface area contributed by atoms with Crippen LogP contribution >= 0.6 is 11.6 Å². The minimum atomic E-state index is 0.737. The Hall–Kier alpha value is -1.84. The van der Waals surface area contributed by atoms with Gasteiger partial charge in [-0.3, -0.25) is 0 Å². The van der Waals surface area contributed by atoms with E-state index < -0.39 is 0 Å². The fourth-order valence-electron chi connectivity index (χ4n) is 5.35. The van der Waals surface area contributed by atoms with E-state index in [9.17, 15) is 0 Å². The lowest BCUT2D eigenvalue weighted by Crippen LogP contribution is -2.48. The molecule has 0 spiro atoms. The highest BCUT2D eigenvalue weighted by Crippen LogP contribution is 2.35. The molecule has 2 aliphatic rings. The molecular formula is C24H28ClN3. The van der Waals surface area contributed by atoms with Crippen molar-refractivity contribution in [2.75, 3.05) is 25.0 Å². The van der Waals surface area contributed by atoms with Gasteiger partial charge in [-0.1, -0.05) is 36.2 Å². The maximum absolute atomic E-state index is 6.23. The first-order valence-electron chi connectivity index (χ1n) is 10.8. The van der Waals surface area contributed by atoms with Crippen LogP contribution in [0, 0.1) is 5.92 Å². The zero-order valence-corrected chi connectivity index (χ0v) is 17.1. The molecule has 28 heavy (non-hydrogen) atoms. The van der Waals surface area contributed by atoms with Crippen molar-refractivity contribution in [2.24, 2.45) is 5.92 Å². The van der Waals surface area contributed by atoms with Gasteiger partial charge < -0.3 is 10.2 Å². The van der Waals surface area contributed by atoms with Crippen LogP contribution in [-0.4, -0.2) is 35.6 Å². The molecule has 3 heterocycles. The van der Waals surface area contributed by atoms with Gasteiger partial charge in [0.2, 0.25) is 0 Å². The van der Waals surface area contributed by atoms with Crippen LogP contribution in [0.5, 0.6) is 0 Å². The molecule has 0 unspecified atom stereocenters. The summed E-state index contributed by atoms with van der Waals surface area (Å²) >= 11 is 6.23. The van der Waals surface area contributed by atoms with Gasteiger partial charge in [0, 0.05) is 28.4 Å². The van der Waals surface area contributed by atoms with Crippen molar-refractivity contribution in [3.63, 3.8) is 0 Å². The van der Waals surface area contributed by atoms with Gasteiger partial charge in [-0.2, -0.15) is 0 Å². The largest absolute Gasteiger partial charge is 0.384 e. The third-order valence-electron chi connectivity index (χ3n) is 6.69. The predicted molar refractivity (Wildman–Crippen MR) is 119 cm³/mol. The Labute approximate surface area is 172 Å². The SMILES string of the molecule is Clc1ccc2c(NCC[C@@H]3CCCN4CCCC[C@H]34)c3ccccc3nc2c1. The summed E-state index contributed by atoms with van der Waals surface area (Å²) in [5.74, 6) is 0.829. The third-order valence-corrected chi connectivity index (χ3v) is 6.92. The van der Waals surface area contributed by atoms with Crippen LogP contribution in [0.2, 0.25) is 5.02 Å². The monoisotopic (exact) mass is 393 g/mol. The number of nitrogens with zero attached hydrogens (tertiary/aromatic N) is 2. The highest BCUT2D eigenvalue weighted by Gasteiger charge is 2.32. The lowest BCUT2D eigenvalue weighted by molar-refractivity contribution is 0.0573. The van der Waals surface area contributed by atoms with Gasteiger partial charge in [0.15, 0.2) is 0 Å². The van der Waals surface area contributed by atoms with Crippen molar-refractivity contribution < 1.29 is 0 Å². The van der Waals surface area contributed by atoms with Crippen molar-refractivity contribution in [2.45, 2.75) is 44.6 Å². The Kier molecular flexibility index (Phi) is 5.13. The summed E-state index contributed by atoms with van der Waals surface area (Å²) in [6.45, 7) is 3.64. The van der Waals surface area contributed by atoms with Crippen LogP contribution < -0.4 is 5.32 Å². The summed E-state index contributed by atoms with van der Waals surface area (Å²) < 4.78 is 0. The van der Waals surface area contributed by atoms with Crippen LogP contribution in [0.25, 0.3) is 21.8 Å². The molecule has 0 amide bonds. The normalized spacial score (nSPS) is 23.0. The van der Waals surface area contributed by atoms with Gasteiger partial charge >= 0.3 is 0 Å². The average Bonchev–Trinajstić information content (AvgIpc) is 2.73. The molecule has 146 valence electrons. The zero-order chi connectivity index (χ0) is 18.9. The second kappa shape index (κ2) is 7.88. The van der Waals surface area contributed by atoms with E-state index in [0.717, 1.165) is 39.9 Å². The Balaban J connectivity index is 1.39. The van der Waals surface area contributed by atoms with Gasteiger partial charge in [0.1, 0.15) is 0 Å². The second-order valence-electron chi connectivity index (χ2n) is 8.38. The highest BCUT2D eigenvalue weighted by atomic mass is 35.5. The number of hydrogen-bond acceptors (Lipinski definition) is 3. The van der Waals surface area contributed by atoms with E-state index in [4.69, 9.17) is 16.6 Å². The number of pyridine rings is 1. The maximum Gasteiger partial charge on any atom is 0.0745 e. The lowest BCUT2D eigenvalue weighted by Gasteiger charge is -2.44. The molecule has 1 aromatic heterocycles. The number of benzene rings is 2. The molecule has 3 aromatic rings. The van der Waals surface area contributed by atoms with E-state index in [1.165, 1.54) is 62.7 Å². The first-order valence-corrected chi connectivity index (χ1v) is 11.1. The van der Waals surface area contributed by atoms with Gasteiger partial charge in [0.05, 0.1) is 16.7 Å². The van der Waals surface area contributed by atoms with E-state index in [2.05, 4.69) is 40.5 Å². The molecule has 1 N–H and O–H groups in total. The summed E-state index contributed by atoms with van der Waals surface area (Å²) in [6, 6.07) is 15.2. The fourth-order valence-corrected chi connectivity index (χ4v) is 5.52. The summed E-state index contributed by atoms with van der Waals surface area (Å²) in [7, 11) is 0. The Morgan fingerprint density at radius 1 is 0.964 bits per heavy atom.